The van der Waals surface area contributed by atoms with Crippen molar-refractivity contribution in [2.75, 3.05) is 0 Å². The Labute approximate surface area is 126 Å². The lowest BCUT2D eigenvalue weighted by molar-refractivity contribution is 0.304. The van der Waals surface area contributed by atoms with Gasteiger partial charge < -0.3 is 4.74 Å². The fourth-order valence-electron chi connectivity index (χ4n) is 1.68. The van der Waals surface area contributed by atoms with E-state index in [1.807, 2.05) is 30.3 Å². The van der Waals surface area contributed by atoms with E-state index in [0.29, 0.717) is 17.9 Å². The molecule has 2 rings (SSSR count). The molecular weight excluding hydrogens is 279 g/mol. The van der Waals surface area contributed by atoms with Gasteiger partial charge in [0, 0.05) is 6.07 Å². The van der Waals surface area contributed by atoms with Crippen LogP contribution >= 0.6 is 0 Å². The molecule has 0 saturated heterocycles. The molecular formula is C18H19FOSi. The van der Waals surface area contributed by atoms with E-state index in [9.17, 15) is 4.39 Å². The van der Waals surface area contributed by atoms with Gasteiger partial charge in [0.1, 0.15) is 26.2 Å². The number of hydrogen-bond acceptors (Lipinski definition) is 1. The van der Waals surface area contributed by atoms with Crippen molar-refractivity contribution in [2.24, 2.45) is 0 Å². The van der Waals surface area contributed by atoms with Crippen molar-refractivity contribution >= 4 is 8.07 Å². The summed E-state index contributed by atoms with van der Waals surface area (Å²) in [6.07, 6.45) is 0. The fourth-order valence-corrected chi connectivity index (χ4v) is 2.19. The molecule has 0 amide bonds. The standard InChI is InChI=1S/C18H19FOSi/c1-21(2,3)12-11-16-9-10-17(13-18(16)19)20-14-15-7-5-4-6-8-15/h4-10,13H,14H2,1-3H3. The lowest BCUT2D eigenvalue weighted by Gasteiger charge is -2.07. The van der Waals surface area contributed by atoms with E-state index in [-0.39, 0.29) is 5.82 Å². The summed E-state index contributed by atoms with van der Waals surface area (Å²) in [5.74, 6) is 3.13. The highest BCUT2D eigenvalue weighted by Gasteiger charge is 2.08. The highest BCUT2D eigenvalue weighted by atomic mass is 28.3. The summed E-state index contributed by atoms with van der Waals surface area (Å²) in [7, 11) is -1.49. The van der Waals surface area contributed by atoms with Crippen molar-refractivity contribution < 1.29 is 9.13 Å². The Hall–Kier alpha value is -2.05. The molecule has 2 aromatic rings. The highest BCUT2D eigenvalue weighted by Crippen LogP contribution is 2.17. The Kier molecular flexibility index (Phi) is 4.82. The van der Waals surface area contributed by atoms with E-state index in [1.165, 1.54) is 6.07 Å². The second kappa shape index (κ2) is 6.60. The van der Waals surface area contributed by atoms with Crippen LogP contribution in [0.25, 0.3) is 0 Å². The third kappa shape index (κ3) is 5.09. The van der Waals surface area contributed by atoms with E-state index in [0.717, 1.165) is 5.56 Å². The van der Waals surface area contributed by atoms with Gasteiger partial charge in [-0.25, -0.2) is 4.39 Å². The second-order valence-electron chi connectivity index (χ2n) is 5.92. The van der Waals surface area contributed by atoms with E-state index < -0.39 is 8.07 Å². The third-order valence-corrected chi connectivity index (χ3v) is 3.64. The molecule has 0 N–H and O–H groups in total. The van der Waals surface area contributed by atoms with Gasteiger partial charge in [-0.05, 0) is 17.7 Å². The largest absolute Gasteiger partial charge is 0.489 e. The van der Waals surface area contributed by atoms with Crippen LogP contribution in [0, 0.1) is 17.3 Å². The van der Waals surface area contributed by atoms with Crippen LogP contribution in [0.5, 0.6) is 5.75 Å². The van der Waals surface area contributed by atoms with Crippen molar-refractivity contribution in [2.45, 2.75) is 26.2 Å². The van der Waals surface area contributed by atoms with Gasteiger partial charge in [-0.3, -0.25) is 0 Å². The molecule has 108 valence electrons. The summed E-state index contributed by atoms with van der Waals surface area (Å²) in [6.45, 7) is 6.83. The van der Waals surface area contributed by atoms with E-state index in [1.54, 1.807) is 12.1 Å². The van der Waals surface area contributed by atoms with Crippen LogP contribution in [0.3, 0.4) is 0 Å². The first-order valence-corrected chi connectivity index (χ1v) is 10.4. The first-order valence-electron chi connectivity index (χ1n) is 6.93. The Balaban J connectivity index is 2.07. The second-order valence-corrected chi connectivity index (χ2v) is 10.7. The van der Waals surface area contributed by atoms with Crippen LogP contribution in [0.15, 0.2) is 48.5 Å². The summed E-state index contributed by atoms with van der Waals surface area (Å²) in [5.41, 5.74) is 4.66. The van der Waals surface area contributed by atoms with E-state index in [2.05, 4.69) is 31.1 Å². The Morgan fingerprint density at radius 2 is 1.76 bits per heavy atom. The summed E-state index contributed by atoms with van der Waals surface area (Å²) < 4.78 is 19.6. The number of rotatable bonds is 3. The van der Waals surface area contributed by atoms with Crippen LogP contribution in [-0.2, 0) is 6.61 Å². The molecule has 0 radical (unpaired) electrons. The molecule has 0 spiro atoms. The van der Waals surface area contributed by atoms with Crippen LogP contribution < -0.4 is 4.74 Å². The molecule has 0 atom stereocenters. The number of benzene rings is 2. The minimum Gasteiger partial charge on any atom is -0.489 e. The average Bonchev–Trinajstić information content (AvgIpc) is 2.44. The summed E-state index contributed by atoms with van der Waals surface area (Å²) in [5, 5.41) is 0. The number of hydrogen-bond donors (Lipinski definition) is 0. The Morgan fingerprint density at radius 1 is 1.05 bits per heavy atom. The third-order valence-electron chi connectivity index (χ3n) is 2.76. The lowest BCUT2D eigenvalue weighted by atomic mass is 10.2. The van der Waals surface area contributed by atoms with E-state index >= 15 is 0 Å². The van der Waals surface area contributed by atoms with Gasteiger partial charge in [0.05, 0.1) is 5.56 Å². The maximum atomic E-state index is 14.0. The van der Waals surface area contributed by atoms with Crippen molar-refractivity contribution in [1.29, 1.82) is 0 Å². The zero-order valence-corrected chi connectivity index (χ0v) is 13.6. The maximum Gasteiger partial charge on any atom is 0.142 e. The topological polar surface area (TPSA) is 9.23 Å². The summed E-state index contributed by atoms with van der Waals surface area (Å²) >= 11 is 0. The predicted octanol–water partition coefficient (Wildman–Crippen LogP) is 4.63. The maximum absolute atomic E-state index is 14.0. The molecule has 0 bridgehead atoms. The SMILES string of the molecule is C[Si](C)(C)C#Cc1ccc(OCc2ccccc2)cc1F. The molecule has 0 aliphatic heterocycles. The lowest BCUT2D eigenvalue weighted by Crippen LogP contribution is -2.16. The van der Waals surface area contributed by atoms with Gasteiger partial charge in [0.25, 0.3) is 0 Å². The van der Waals surface area contributed by atoms with E-state index in [4.69, 9.17) is 4.74 Å². The zero-order chi connectivity index (χ0) is 15.3. The van der Waals surface area contributed by atoms with Crippen LogP contribution in [0.1, 0.15) is 11.1 Å². The molecule has 1 nitrogen and oxygen atoms in total. The molecule has 0 aromatic heterocycles. The zero-order valence-electron chi connectivity index (χ0n) is 12.6. The van der Waals surface area contributed by atoms with Crippen molar-refractivity contribution in [3.05, 3.63) is 65.5 Å². The van der Waals surface area contributed by atoms with Gasteiger partial charge in [-0.15, -0.1) is 5.54 Å². The first-order chi connectivity index (χ1) is 9.94. The Bertz CT molecular complexity index is 663. The molecule has 0 aliphatic rings. The van der Waals surface area contributed by atoms with Gasteiger partial charge in [-0.1, -0.05) is 55.9 Å². The first kappa shape index (κ1) is 15.3. The number of halogens is 1. The molecule has 0 unspecified atom stereocenters. The quantitative estimate of drug-likeness (QED) is 0.593. The molecule has 0 aliphatic carbocycles. The molecule has 0 fully saturated rings. The van der Waals surface area contributed by atoms with Crippen molar-refractivity contribution in [3.63, 3.8) is 0 Å². The normalized spacial score (nSPS) is 10.7. The molecule has 0 saturated carbocycles. The van der Waals surface area contributed by atoms with Gasteiger partial charge >= 0.3 is 0 Å². The molecule has 3 heteroatoms. The minimum absolute atomic E-state index is 0.327. The van der Waals surface area contributed by atoms with Crippen LogP contribution in [0.2, 0.25) is 19.6 Å². The fraction of sp³-hybridized carbons (Fsp3) is 0.222. The van der Waals surface area contributed by atoms with Gasteiger partial charge in [0.15, 0.2) is 0 Å². The predicted molar refractivity (Wildman–Crippen MR) is 87.4 cm³/mol. The summed E-state index contributed by atoms with van der Waals surface area (Å²) in [6, 6.07) is 14.7. The molecule has 21 heavy (non-hydrogen) atoms. The van der Waals surface area contributed by atoms with Gasteiger partial charge in [-0.2, -0.15) is 0 Å². The minimum atomic E-state index is -1.49. The highest BCUT2D eigenvalue weighted by molar-refractivity contribution is 6.83. The molecule has 0 heterocycles. The van der Waals surface area contributed by atoms with Crippen molar-refractivity contribution in [3.8, 4) is 17.2 Å². The van der Waals surface area contributed by atoms with Crippen LogP contribution in [0.4, 0.5) is 4.39 Å². The Morgan fingerprint density at radius 3 is 2.38 bits per heavy atom. The monoisotopic (exact) mass is 298 g/mol. The van der Waals surface area contributed by atoms with Crippen molar-refractivity contribution in [1.82, 2.24) is 0 Å². The average molecular weight is 298 g/mol. The number of ether oxygens (including phenoxy) is 1. The summed E-state index contributed by atoms with van der Waals surface area (Å²) in [4.78, 5) is 0. The molecule has 2 aromatic carbocycles. The smallest absolute Gasteiger partial charge is 0.142 e. The van der Waals surface area contributed by atoms with Crippen LogP contribution in [-0.4, -0.2) is 8.07 Å². The van der Waals surface area contributed by atoms with Gasteiger partial charge in [0.2, 0.25) is 0 Å².